The van der Waals surface area contributed by atoms with Gasteiger partial charge in [0.1, 0.15) is 18.2 Å². The lowest BCUT2D eigenvalue weighted by Gasteiger charge is -2.15. The Hall–Kier alpha value is -1.29. The van der Waals surface area contributed by atoms with Crippen LogP contribution in [0.1, 0.15) is 18.1 Å². The number of rotatable bonds is 5. The lowest BCUT2D eigenvalue weighted by atomic mass is 10.1. The monoisotopic (exact) mass is 327 g/mol. The summed E-state index contributed by atoms with van der Waals surface area (Å²) in [6.45, 7) is 2.12. The van der Waals surface area contributed by atoms with Gasteiger partial charge >= 0.3 is 0 Å². The molecule has 0 aliphatic heterocycles. The molecule has 1 atom stereocenters. The molecule has 2 aromatic rings. The summed E-state index contributed by atoms with van der Waals surface area (Å²) in [5.41, 5.74) is 7.40. The molecule has 0 fully saturated rings. The molecule has 0 radical (unpaired) electrons. The molecular weight excluding hydrogens is 312 g/mol. The molecular formula is C16H16Cl2FNO. The number of nitrogens with two attached hydrogens (primary N) is 1. The molecule has 0 aromatic heterocycles. The minimum absolute atomic E-state index is 0.0453. The van der Waals surface area contributed by atoms with Crippen LogP contribution in [0.2, 0.25) is 10.0 Å². The second kappa shape index (κ2) is 7.12. The summed E-state index contributed by atoms with van der Waals surface area (Å²) in [4.78, 5) is 0. The van der Waals surface area contributed by atoms with Crippen molar-refractivity contribution in [1.82, 2.24) is 0 Å². The average molecular weight is 328 g/mol. The highest BCUT2D eigenvalue weighted by atomic mass is 35.5. The third-order valence-electron chi connectivity index (χ3n) is 2.90. The molecule has 2 aromatic carbocycles. The van der Waals surface area contributed by atoms with Crippen LogP contribution in [0.15, 0.2) is 36.4 Å². The van der Waals surface area contributed by atoms with Crippen LogP contribution in [0.5, 0.6) is 5.75 Å². The fourth-order valence-corrected chi connectivity index (χ4v) is 2.65. The van der Waals surface area contributed by atoms with Crippen LogP contribution in [-0.2, 0) is 13.0 Å². The zero-order chi connectivity index (χ0) is 15.4. The highest BCUT2D eigenvalue weighted by Crippen LogP contribution is 2.33. The van der Waals surface area contributed by atoms with Crippen molar-refractivity contribution in [3.63, 3.8) is 0 Å². The van der Waals surface area contributed by atoms with Crippen molar-refractivity contribution < 1.29 is 9.13 Å². The topological polar surface area (TPSA) is 35.2 Å². The lowest BCUT2D eigenvalue weighted by molar-refractivity contribution is 0.302. The van der Waals surface area contributed by atoms with Gasteiger partial charge in [0.25, 0.3) is 0 Å². The van der Waals surface area contributed by atoms with Gasteiger partial charge in [0.05, 0.1) is 5.02 Å². The Morgan fingerprint density at radius 2 is 2.00 bits per heavy atom. The fraction of sp³-hybridized carbons (Fsp3) is 0.250. The van der Waals surface area contributed by atoms with Crippen molar-refractivity contribution in [3.8, 4) is 5.75 Å². The molecule has 0 saturated heterocycles. The summed E-state index contributed by atoms with van der Waals surface area (Å²) < 4.78 is 18.9. The highest BCUT2D eigenvalue weighted by molar-refractivity contribution is 6.35. The second-order valence-corrected chi connectivity index (χ2v) is 5.82. The highest BCUT2D eigenvalue weighted by Gasteiger charge is 2.12. The van der Waals surface area contributed by atoms with Crippen molar-refractivity contribution >= 4 is 23.2 Å². The van der Waals surface area contributed by atoms with E-state index in [1.807, 2.05) is 6.92 Å². The number of halogens is 3. The van der Waals surface area contributed by atoms with Gasteiger partial charge in [-0.1, -0.05) is 35.3 Å². The first-order valence-corrected chi connectivity index (χ1v) is 7.32. The molecule has 0 saturated carbocycles. The van der Waals surface area contributed by atoms with Crippen LogP contribution in [0, 0.1) is 5.82 Å². The van der Waals surface area contributed by atoms with E-state index in [1.165, 1.54) is 12.1 Å². The molecule has 0 heterocycles. The summed E-state index contributed by atoms with van der Waals surface area (Å²) in [5, 5.41) is 0.961. The standard InChI is InChI=1S/C16H16Cl2FNO/c1-10(20)5-12-7-13(17)8-15(18)16(12)21-9-11-3-2-4-14(19)6-11/h2-4,6-8,10H,5,9,20H2,1H3. The Morgan fingerprint density at radius 3 is 2.67 bits per heavy atom. The maximum Gasteiger partial charge on any atom is 0.141 e. The van der Waals surface area contributed by atoms with Crippen LogP contribution < -0.4 is 10.5 Å². The van der Waals surface area contributed by atoms with Crippen molar-refractivity contribution in [2.24, 2.45) is 5.73 Å². The van der Waals surface area contributed by atoms with Gasteiger partial charge in [0.15, 0.2) is 0 Å². The lowest BCUT2D eigenvalue weighted by Crippen LogP contribution is -2.18. The first-order valence-electron chi connectivity index (χ1n) is 6.56. The molecule has 0 bridgehead atoms. The summed E-state index contributed by atoms with van der Waals surface area (Å²) in [6, 6.07) is 9.61. The van der Waals surface area contributed by atoms with Gasteiger partial charge in [0.2, 0.25) is 0 Å². The number of hydrogen-bond donors (Lipinski definition) is 1. The SMILES string of the molecule is CC(N)Cc1cc(Cl)cc(Cl)c1OCc1cccc(F)c1. The van der Waals surface area contributed by atoms with Crippen LogP contribution >= 0.6 is 23.2 Å². The molecule has 112 valence electrons. The number of benzene rings is 2. The largest absolute Gasteiger partial charge is 0.487 e. The van der Waals surface area contributed by atoms with E-state index in [2.05, 4.69) is 0 Å². The predicted molar refractivity (Wildman–Crippen MR) is 84.5 cm³/mol. The van der Waals surface area contributed by atoms with Gasteiger partial charge in [-0.05, 0) is 48.7 Å². The van der Waals surface area contributed by atoms with Gasteiger partial charge in [0, 0.05) is 11.1 Å². The van der Waals surface area contributed by atoms with E-state index in [0.717, 1.165) is 11.1 Å². The third kappa shape index (κ3) is 4.60. The smallest absolute Gasteiger partial charge is 0.141 e. The van der Waals surface area contributed by atoms with E-state index < -0.39 is 0 Å². The zero-order valence-corrected chi connectivity index (χ0v) is 13.1. The van der Waals surface area contributed by atoms with E-state index in [4.69, 9.17) is 33.7 Å². The Morgan fingerprint density at radius 1 is 1.24 bits per heavy atom. The van der Waals surface area contributed by atoms with Crippen molar-refractivity contribution in [2.45, 2.75) is 26.0 Å². The van der Waals surface area contributed by atoms with E-state index in [9.17, 15) is 4.39 Å². The van der Waals surface area contributed by atoms with Gasteiger partial charge in [-0.15, -0.1) is 0 Å². The van der Waals surface area contributed by atoms with Crippen LogP contribution in [0.25, 0.3) is 0 Å². The van der Waals surface area contributed by atoms with Gasteiger partial charge < -0.3 is 10.5 Å². The molecule has 0 spiro atoms. The molecule has 0 aliphatic rings. The molecule has 2 N–H and O–H groups in total. The summed E-state index contributed by atoms with van der Waals surface area (Å²) in [7, 11) is 0. The third-order valence-corrected chi connectivity index (χ3v) is 3.40. The Kier molecular flexibility index (Phi) is 5.45. The maximum atomic E-state index is 13.2. The molecule has 2 nitrogen and oxygen atoms in total. The van der Waals surface area contributed by atoms with Crippen molar-refractivity contribution in [1.29, 1.82) is 0 Å². The Labute approximate surface area is 133 Å². The van der Waals surface area contributed by atoms with E-state index in [-0.39, 0.29) is 18.5 Å². The van der Waals surface area contributed by atoms with E-state index in [0.29, 0.717) is 22.2 Å². The van der Waals surface area contributed by atoms with Crippen LogP contribution in [0.3, 0.4) is 0 Å². The van der Waals surface area contributed by atoms with Gasteiger partial charge in [-0.3, -0.25) is 0 Å². The summed E-state index contributed by atoms with van der Waals surface area (Å²) >= 11 is 12.2. The summed E-state index contributed by atoms with van der Waals surface area (Å²) in [6.07, 6.45) is 0.596. The van der Waals surface area contributed by atoms with Crippen LogP contribution in [0.4, 0.5) is 4.39 Å². The molecule has 21 heavy (non-hydrogen) atoms. The van der Waals surface area contributed by atoms with Crippen molar-refractivity contribution in [2.75, 3.05) is 0 Å². The number of hydrogen-bond acceptors (Lipinski definition) is 2. The minimum atomic E-state index is -0.297. The normalized spacial score (nSPS) is 12.2. The molecule has 2 rings (SSSR count). The Bertz CT molecular complexity index is 632. The Balaban J connectivity index is 2.22. The predicted octanol–water partition coefficient (Wildman–Crippen LogP) is 4.60. The first-order chi connectivity index (χ1) is 9.95. The zero-order valence-electron chi connectivity index (χ0n) is 11.6. The van der Waals surface area contributed by atoms with Crippen molar-refractivity contribution in [3.05, 3.63) is 63.4 Å². The molecule has 0 amide bonds. The molecule has 5 heteroatoms. The van der Waals surface area contributed by atoms with E-state index in [1.54, 1.807) is 24.3 Å². The summed E-state index contributed by atoms with van der Waals surface area (Å²) in [5.74, 6) is 0.247. The fourth-order valence-electron chi connectivity index (χ4n) is 2.06. The quantitative estimate of drug-likeness (QED) is 0.870. The average Bonchev–Trinajstić information content (AvgIpc) is 2.36. The molecule has 1 unspecified atom stereocenters. The second-order valence-electron chi connectivity index (χ2n) is 4.98. The minimum Gasteiger partial charge on any atom is -0.487 e. The van der Waals surface area contributed by atoms with E-state index >= 15 is 0 Å². The van der Waals surface area contributed by atoms with Gasteiger partial charge in [-0.2, -0.15) is 0 Å². The first kappa shape index (κ1) is 16.1. The van der Waals surface area contributed by atoms with Crippen LogP contribution in [-0.4, -0.2) is 6.04 Å². The maximum absolute atomic E-state index is 13.2. The van der Waals surface area contributed by atoms with Gasteiger partial charge in [-0.25, -0.2) is 4.39 Å². The number of ether oxygens (including phenoxy) is 1. The molecule has 0 aliphatic carbocycles.